The highest BCUT2D eigenvalue weighted by Gasteiger charge is 2.21. The van der Waals surface area contributed by atoms with Crippen LogP contribution in [0.5, 0.6) is 0 Å². The zero-order chi connectivity index (χ0) is 8.10. The van der Waals surface area contributed by atoms with Crippen molar-refractivity contribution < 1.29 is 9.84 Å². The molecule has 3 heteroatoms. The van der Waals surface area contributed by atoms with Crippen LogP contribution in [0.2, 0.25) is 0 Å². The molecule has 1 rings (SSSR count). The molecule has 0 spiro atoms. The fraction of sp³-hybridized carbons (Fsp3) is 1.00. The van der Waals surface area contributed by atoms with Crippen molar-refractivity contribution in [3.05, 3.63) is 0 Å². The van der Waals surface area contributed by atoms with Gasteiger partial charge in [0.2, 0.25) is 0 Å². The molecule has 2 atom stereocenters. The van der Waals surface area contributed by atoms with E-state index in [-0.39, 0.29) is 12.2 Å². The van der Waals surface area contributed by atoms with E-state index in [1.165, 1.54) is 6.42 Å². The van der Waals surface area contributed by atoms with Crippen molar-refractivity contribution in [2.24, 2.45) is 5.73 Å². The van der Waals surface area contributed by atoms with Gasteiger partial charge in [0.1, 0.15) is 0 Å². The molecule has 1 saturated heterocycles. The molecule has 0 saturated carbocycles. The quantitative estimate of drug-likeness (QED) is 0.621. The van der Waals surface area contributed by atoms with E-state index in [9.17, 15) is 5.11 Å². The molecule has 1 heterocycles. The van der Waals surface area contributed by atoms with E-state index in [1.54, 1.807) is 0 Å². The minimum atomic E-state index is -0.347. The number of hydrogen-bond acceptors (Lipinski definition) is 3. The van der Waals surface area contributed by atoms with E-state index in [1.807, 2.05) is 0 Å². The van der Waals surface area contributed by atoms with E-state index in [2.05, 4.69) is 0 Å². The SMILES string of the molecule is NCC[C@H](O)C1CCCCO1. The van der Waals surface area contributed by atoms with Gasteiger partial charge >= 0.3 is 0 Å². The van der Waals surface area contributed by atoms with Crippen LogP contribution in [0.15, 0.2) is 0 Å². The summed E-state index contributed by atoms with van der Waals surface area (Å²) >= 11 is 0. The van der Waals surface area contributed by atoms with Crippen molar-refractivity contribution in [1.29, 1.82) is 0 Å². The summed E-state index contributed by atoms with van der Waals surface area (Å²) in [6.45, 7) is 1.34. The van der Waals surface area contributed by atoms with E-state index in [4.69, 9.17) is 10.5 Å². The van der Waals surface area contributed by atoms with Crippen molar-refractivity contribution in [3.8, 4) is 0 Å². The fourth-order valence-corrected chi connectivity index (χ4v) is 1.43. The molecule has 0 aliphatic carbocycles. The largest absolute Gasteiger partial charge is 0.390 e. The maximum Gasteiger partial charge on any atom is 0.0834 e. The first kappa shape index (κ1) is 8.97. The highest BCUT2D eigenvalue weighted by Crippen LogP contribution is 2.16. The molecular weight excluding hydrogens is 142 g/mol. The van der Waals surface area contributed by atoms with E-state index >= 15 is 0 Å². The molecule has 0 aromatic heterocycles. The highest BCUT2D eigenvalue weighted by atomic mass is 16.5. The topological polar surface area (TPSA) is 55.5 Å². The Bertz CT molecular complexity index is 102. The zero-order valence-corrected chi connectivity index (χ0v) is 6.83. The first-order valence-electron chi connectivity index (χ1n) is 4.34. The first-order valence-corrected chi connectivity index (χ1v) is 4.34. The fourth-order valence-electron chi connectivity index (χ4n) is 1.43. The Labute approximate surface area is 67.5 Å². The minimum absolute atomic E-state index is 0.0484. The molecule has 11 heavy (non-hydrogen) atoms. The predicted octanol–water partition coefficient (Wildman–Crippen LogP) is 0.265. The van der Waals surface area contributed by atoms with Gasteiger partial charge in [-0.05, 0) is 32.2 Å². The summed E-state index contributed by atoms with van der Waals surface area (Å²) < 4.78 is 5.39. The lowest BCUT2D eigenvalue weighted by atomic mass is 10.0. The van der Waals surface area contributed by atoms with Gasteiger partial charge < -0.3 is 15.6 Å². The molecule has 0 amide bonds. The molecule has 0 aromatic rings. The number of aliphatic hydroxyl groups is 1. The van der Waals surface area contributed by atoms with Crippen LogP contribution in [0.4, 0.5) is 0 Å². The lowest BCUT2D eigenvalue weighted by Crippen LogP contribution is -2.33. The van der Waals surface area contributed by atoms with Gasteiger partial charge in [0.05, 0.1) is 12.2 Å². The van der Waals surface area contributed by atoms with Crippen LogP contribution in [0.1, 0.15) is 25.7 Å². The van der Waals surface area contributed by atoms with Crippen LogP contribution in [-0.2, 0) is 4.74 Å². The van der Waals surface area contributed by atoms with Crippen LogP contribution in [-0.4, -0.2) is 30.5 Å². The maximum absolute atomic E-state index is 9.47. The molecule has 3 N–H and O–H groups in total. The zero-order valence-electron chi connectivity index (χ0n) is 6.83. The predicted molar refractivity (Wildman–Crippen MR) is 43.3 cm³/mol. The average molecular weight is 159 g/mol. The van der Waals surface area contributed by atoms with Gasteiger partial charge in [-0.2, -0.15) is 0 Å². The van der Waals surface area contributed by atoms with Gasteiger partial charge in [0, 0.05) is 6.61 Å². The lowest BCUT2D eigenvalue weighted by molar-refractivity contribution is -0.0632. The van der Waals surface area contributed by atoms with E-state index in [0.29, 0.717) is 13.0 Å². The lowest BCUT2D eigenvalue weighted by Gasteiger charge is -2.26. The Morgan fingerprint density at radius 2 is 2.36 bits per heavy atom. The van der Waals surface area contributed by atoms with Crippen LogP contribution in [0, 0.1) is 0 Å². The second-order valence-corrected chi connectivity index (χ2v) is 3.05. The molecule has 1 fully saturated rings. The normalized spacial score (nSPS) is 28.4. The number of nitrogens with two attached hydrogens (primary N) is 1. The second-order valence-electron chi connectivity index (χ2n) is 3.05. The molecule has 1 aliphatic rings. The Hall–Kier alpha value is -0.120. The first-order chi connectivity index (χ1) is 5.34. The van der Waals surface area contributed by atoms with Gasteiger partial charge in [-0.15, -0.1) is 0 Å². The van der Waals surface area contributed by atoms with Crippen molar-refractivity contribution in [1.82, 2.24) is 0 Å². The Morgan fingerprint density at radius 1 is 1.55 bits per heavy atom. The molecule has 1 aliphatic heterocycles. The molecule has 0 bridgehead atoms. The minimum Gasteiger partial charge on any atom is -0.390 e. The Kier molecular flexibility index (Phi) is 3.83. The van der Waals surface area contributed by atoms with Crippen LogP contribution < -0.4 is 5.73 Å². The van der Waals surface area contributed by atoms with Gasteiger partial charge in [0.15, 0.2) is 0 Å². The van der Waals surface area contributed by atoms with Crippen LogP contribution in [0.25, 0.3) is 0 Å². The third-order valence-corrected chi connectivity index (χ3v) is 2.11. The second kappa shape index (κ2) is 4.70. The number of aliphatic hydroxyl groups excluding tert-OH is 1. The Morgan fingerprint density at radius 3 is 2.91 bits per heavy atom. The standard InChI is InChI=1S/C8H17NO2/c9-5-4-7(10)8-3-1-2-6-11-8/h7-8,10H,1-6,9H2/t7-,8?/m0/s1. The van der Waals surface area contributed by atoms with Crippen LogP contribution in [0.3, 0.4) is 0 Å². The third kappa shape index (κ3) is 2.77. The van der Waals surface area contributed by atoms with E-state index in [0.717, 1.165) is 19.4 Å². The number of ether oxygens (including phenoxy) is 1. The third-order valence-electron chi connectivity index (χ3n) is 2.11. The van der Waals surface area contributed by atoms with Gasteiger partial charge in [0.25, 0.3) is 0 Å². The van der Waals surface area contributed by atoms with Gasteiger partial charge in [-0.3, -0.25) is 0 Å². The monoisotopic (exact) mass is 159 g/mol. The summed E-state index contributed by atoms with van der Waals surface area (Å²) in [5.41, 5.74) is 5.32. The summed E-state index contributed by atoms with van der Waals surface area (Å²) in [6, 6.07) is 0. The van der Waals surface area contributed by atoms with Gasteiger partial charge in [-0.1, -0.05) is 0 Å². The molecule has 66 valence electrons. The smallest absolute Gasteiger partial charge is 0.0834 e. The molecule has 3 nitrogen and oxygen atoms in total. The molecular formula is C8H17NO2. The highest BCUT2D eigenvalue weighted by molar-refractivity contribution is 4.72. The molecule has 1 unspecified atom stereocenters. The van der Waals surface area contributed by atoms with Crippen molar-refractivity contribution >= 4 is 0 Å². The average Bonchev–Trinajstić information content (AvgIpc) is 2.07. The van der Waals surface area contributed by atoms with E-state index < -0.39 is 0 Å². The van der Waals surface area contributed by atoms with Crippen LogP contribution >= 0.6 is 0 Å². The molecule has 0 radical (unpaired) electrons. The summed E-state index contributed by atoms with van der Waals surface area (Å²) in [5, 5.41) is 9.47. The summed E-state index contributed by atoms with van der Waals surface area (Å²) in [7, 11) is 0. The van der Waals surface area contributed by atoms with Crippen molar-refractivity contribution in [2.45, 2.75) is 37.9 Å². The molecule has 0 aromatic carbocycles. The van der Waals surface area contributed by atoms with Crippen molar-refractivity contribution in [3.63, 3.8) is 0 Å². The number of hydrogen-bond donors (Lipinski definition) is 2. The summed E-state index contributed by atoms with van der Waals surface area (Å²) in [6.07, 6.45) is 3.65. The maximum atomic E-state index is 9.47. The van der Waals surface area contributed by atoms with Crippen molar-refractivity contribution in [2.75, 3.05) is 13.2 Å². The Balaban J connectivity index is 2.21. The summed E-state index contributed by atoms with van der Waals surface area (Å²) in [4.78, 5) is 0. The van der Waals surface area contributed by atoms with Gasteiger partial charge in [-0.25, -0.2) is 0 Å². The summed E-state index contributed by atoms with van der Waals surface area (Å²) in [5.74, 6) is 0. The number of rotatable bonds is 3.